The third kappa shape index (κ3) is 3.48. The number of carbonyl (C=O) groups is 3. The number of hydrogen-bond donors (Lipinski definition) is 4. The molecule has 2 aliphatic heterocycles. The number of nitrogens with one attached hydrogen (secondary N) is 2. The van der Waals surface area contributed by atoms with Crippen LogP contribution >= 0.6 is 0 Å². The molecule has 0 aromatic heterocycles. The Labute approximate surface area is 151 Å². The number of rotatable bonds is 6. The first-order valence-electron chi connectivity index (χ1n) is 8.77. The second kappa shape index (κ2) is 7.53. The molecule has 1 fully saturated rings. The van der Waals surface area contributed by atoms with E-state index in [1.165, 1.54) is 0 Å². The van der Waals surface area contributed by atoms with Crippen molar-refractivity contribution in [2.75, 3.05) is 6.61 Å². The van der Waals surface area contributed by atoms with E-state index in [-0.39, 0.29) is 36.9 Å². The summed E-state index contributed by atoms with van der Waals surface area (Å²) in [6.07, 6.45) is 0.585. The molecule has 3 rings (SSSR count). The Morgan fingerprint density at radius 1 is 1.38 bits per heavy atom. The van der Waals surface area contributed by atoms with Gasteiger partial charge in [0.25, 0.3) is 5.91 Å². The zero-order chi connectivity index (χ0) is 18.8. The molecule has 26 heavy (non-hydrogen) atoms. The summed E-state index contributed by atoms with van der Waals surface area (Å²) in [7, 11) is 0. The number of imide groups is 1. The molecule has 1 aromatic rings. The highest BCUT2D eigenvalue weighted by Crippen LogP contribution is 2.29. The summed E-state index contributed by atoms with van der Waals surface area (Å²) >= 11 is 0. The quantitative estimate of drug-likeness (QED) is 0.495. The fourth-order valence-corrected chi connectivity index (χ4v) is 3.40. The van der Waals surface area contributed by atoms with Crippen LogP contribution in [0.1, 0.15) is 41.3 Å². The topological polar surface area (TPSA) is 125 Å². The predicted molar refractivity (Wildman–Crippen MR) is 93.9 cm³/mol. The monoisotopic (exact) mass is 360 g/mol. The summed E-state index contributed by atoms with van der Waals surface area (Å²) in [4.78, 5) is 37.8. The van der Waals surface area contributed by atoms with Crippen molar-refractivity contribution >= 4 is 17.7 Å². The van der Waals surface area contributed by atoms with Gasteiger partial charge < -0.3 is 21.1 Å². The van der Waals surface area contributed by atoms with Gasteiger partial charge in [0.15, 0.2) is 0 Å². The minimum Gasteiger partial charge on any atom is -0.395 e. The van der Waals surface area contributed by atoms with Gasteiger partial charge in [-0.1, -0.05) is 12.1 Å². The number of piperidine rings is 1. The molecule has 0 saturated carbocycles. The van der Waals surface area contributed by atoms with Gasteiger partial charge in [0.2, 0.25) is 11.8 Å². The van der Waals surface area contributed by atoms with Crippen molar-refractivity contribution in [3.05, 3.63) is 34.9 Å². The molecule has 2 heterocycles. The maximum absolute atomic E-state index is 12.8. The first kappa shape index (κ1) is 18.5. The van der Waals surface area contributed by atoms with Gasteiger partial charge in [-0.3, -0.25) is 19.7 Å². The number of hydrogen-bond acceptors (Lipinski definition) is 6. The first-order chi connectivity index (χ1) is 12.4. The van der Waals surface area contributed by atoms with Crippen molar-refractivity contribution in [1.82, 2.24) is 15.5 Å². The smallest absolute Gasteiger partial charge is 0.255 e. The Kier molecular flexibility index (Phi) is 5.36. The fourth-order valence-electron chi connectivity index (χ4n) is 3.40. The van der Waals surface area contributed by atoms with Gasteiger partial charge in [-0.25, -0.2) is 0 Å². The normalized spacial score (nSPS) is 22.2. The number of carbonyl (C=O) groups excluding carboxylic acids is 3. The van der Waals surface area contributed by atoms with E-state index in [1.54, 1.807) is 11.0 Å². The molecule has 0 radical (unpaired) electrons. The zero-order valence-electron chi connectivity index (χ0n) is 14.7. The zero-order valence-corrected chi connectivity index (χ0v) is 14.7. The average Bonchev–Trinajstić information content (AvgIpc) is 2.96. The summed E-state index contributed by atoms with van der Waals surface area (Å²) in [6.45, 7) is 2.64. The minimum atomic E-state index is -0.616. The van der Waals surface area contributed by atoms with Crippen molar-refractivity contribution in [3.8, 4) is 0 Å². The average molecular weight is 360 g/mol. The van der Waals surface area contributed by atoms with Gasteiger partial charge in [-0.2, -0.15) is 0 Å². The second-order valence-electron chi connectivity index (χ2n) is 6.86. The lowest BCUT2D eigenvalue weighted by molar-refractivity contribution is -0.136. The van der Waals surface area contributed by atoms with E-state index in [0.29, 0.717) is 25.1 Å². The second-order valence-corrected chi connectivity index (χ2v) is 6.86. The molecule has 0 aliphatic carbocycles. The van der Waals surface area contributed by atoms with E-state index in [9.17, 15) is 14.4 Å². The highest BCUT2D eigenvalue weighted by Gasteiger charge is 2.39. The SMILES string of the molecule is C[C@H](NCc1cccc2c1CN(C1CCC(=O)NC1=O)C2=O)[C@H](N)CO. The number of aliphatic hydroxyl groups is 1. The minimum absolute atomic E-state index is 0.0841. The summed E-state index contributed by atoms with van der Waals surface area (Å²) in [6, 6.07) is 4.45. The maximum Gasteiger partial charge on any atom is 0.255 e. The van der Waals surface area contributed by atoms with Crippen molar-refractivity contribution in [2.24, 2.45) is 5.73 Å². The van der Waals surface area contributed by atoms with Crippen molar-refractivity contribution in [1.29, 1.82) is 0 Å². The largest absolute Gasteiger partial charge is 0.395 e. The van der Waals surface area contributed by atoms with Crippen LogP contribution in [0, 0.1) is 0 Å². The van der Waals surface area contributed by atoms with E-state index in [2.05, 4.69) is 10.6 Å². The van der Waals surface area contributed by atoms with Gasteiger partial charge >= 0.3 is 0 Å². The molecule has 3 amide bonds. The van der Waals surface area contributed by atoms with Crippen molar-refractivity contribution < 1.29 is 19.5 Å². The number of aliphatic hydroxyl groups excluding tert-OH is 1. The Morgan fingerprint density at radius 3 is 2.85 bits per heavy atom. The summed E-state index contributed by atoms with van der Waals surface area (Å²) < 4.78 is 0. The lowest BCUT2D eigenvalue weighted by atomic mass is 10.0. The standard InChI is InChI=1S/C18H24N4O4/c1-10(14(19)9-23)20-7-11-3-2-4-12-13(11)8-22(18(12)26)15-5-6-16(24)21-17(15)25/h2-4,10,14-15,20,23H,5-9,19H2,1H3,(H,21,24,25)/t10-,14+,15?/m0/s1. The molecular formula is C18H24N4O4. The van der Waals surface area contributed by atoms with Crippen molar-refractivity contribution in [3.63, 3.8) is 0 Å². The highest BCUT2D eigenvalue weighted by atomic mass is 16.3. The van der Waals surface area contributed by atoms with Gasteiger partial charge in [-0.05, 0) is 30.5 Å². The van der Waals surface area contributed by atoms with Crippen LogP contribution in [0.5, 0.6) is 0 Å². The van der Waals surface area contributed by atoms with Crippen LogP contribution < -0.4 is 16.4 Å². The van der Waals surface area contributed by atoms with Crippen LogP contribution in [-0.4, -0.2) is 52.5 Å². The van der Waals surface area contributed by atoms with Crippen LogP contribution in [0.2, 0.25) is 0 Å². The molecule has 8 nitrogen and oxygen atoms in total. The first-order valence-corrected chi connectivity index (χ1v) is 8.77. The Morgan fingerprint density at radius 2 is 2.15 bits per heavy atom. The molecule has 1 unspecified atom stereocenters. The number of fused-ring (bicyclic) bond motifs is 1. The molecule has 3 atom stereocenters. The lowest BCUT2D eigenvalue weighted by Crippen LogP contribution is -2.52. The van der Waals surface area contributed by atoms with Gasteiger partial charge in [0.05, 0.1) is 6.61 Å². The molecule has 5 N–H and O–H groups in total. The van der Waals surface area contributed by atoms with Crippen LogP contribution in [0.4, 0.5) is 0 Å². The number of amides is 3. The molecule has 140 valence electrons. The predicted octanol–water partition coefficient (Wildman–Crippen LogP) is -0.755. The number of benzene rings is 1. The van der Waals surface area contributed by atoms with E-state index in [0.717, 1.165) is 11.1 Å². The maximum atomic E-state index is 12.8. The molecule has 0 bridgehead atoms. The number of nitrogens with two attached hydrogens (primary N) is 1. The van der Waals surface area contributed by atoms with Crippen LogP contribution in [0.15, 0.2) is 18.2 Å². The Hall–Kier alpha value is -2.29. The van der Waals surface area contributed by atoms with Crippen LogP contribution in [-0.2, 0) is 22.7 Å². The van der Waals surface area contributed by atoms with E-state index in [1.807, 2.05) is 19.1 Å². The lowest BCUT2D eigenvalue weighted by Gasteiger charge is -2.29. The van der Waals surface area contributed by atoms with Crippen LogP contribution in [0.3, 0.4) is 0 Å². The molecule has 2 aliphatic rings. The molecule has 1 aromatic carbocycles. The highest BCUT2D eigenvalue weighted by molar-refractivity contribution is 6.05. The van der Waals surface area contributed by atoms with Crippen LogP contribution in [0.25, 0.3) is 0 Å². The number of nitrogens with zero attached hydrogens (tertiary/aromatic N) is 1. The van der Waals surface area contributed by atoms with Gasteiger partial charge in [0, 0.05) is 37.2 Å². The Balaban J connectivity index is 1.75. The fraction of sp³-hybridized carbons (Fsp3) is 0.500. The third-order valence-corrected chi connectivity index (χ3v) is 5.15. The van der Waals surface area contributed by atoms with Gasteiger partial charge in [-0.15, -0.1) is 0 Å². The summed E-state index contributed by atoms with van der Waals surface area (Å²) in [5.41, 5.74) is 8.25. The molecule has 0 spiro atoms. The third-order valence-electron chi connectivity index (χ3n) is 5.15. The molecular weight excluding hydrogens is 336 g/mol. The Bertz CT molecular complexity index is 736. The van der Waals surface area contributed by atoms with Gasteiger partial charge in [0.1, 0.15) is 6.04 Å². The van der Waals surface area contributed by atoms with E-state index < -0.39 is 11.9 Å². The van der Waals surface area contributed by atoms with E-state index >= 15 is 0 Å². The van der Waals surface area contributed by atoms with Crippen molar-refractivity contribution in [2.45, 2.75) is 51.0 Å². The molecule has 8 heteroatoms. The summed E-state index contributed by atoms with van der Waals surface area (Å²) in [5, 5.41) is 14.7. The van der Waals surface area contributed by atoms with E-state index in [4.69, 9.17) is 10.8 Å². The molecule has 1 saturated heterocycles. The summed E-state index contributed by atoms with van der Waals surface area (Å²) in [5.74, 6) is -0.893.